The van der Waals surface area contributed by atoms with Crippen molar-refractivity contribution in [2.75, 3.05) is 40.3 Å². The highest BCUT2D eigenvalue weighted by Gasteiger charge is 2.22. The van der Waals surface area contributed by atoms with Crippen LogP contribution in [0.4, 0.5) is 0 Å². The molecule has 1 heterocycles. The van der Waals surface area contributed by atoms with E-state index in [1.807, 2.05) is 0 Å². The van der Waals surface area contributed by atoms with Crippen LogP contribution in [-0.2, 0) is 0 Å². The number of hydrogen-bond acceptors (Lipinski definition) is 3. The van der Waals surface area contributed by atoms with Crippen molar-refractivity contribution in [2.45, 2.75) is 38.6 Å². The normalized spacial score (nSPS) is 24.2. The van der Waals surface area contributed by atoms with Crippen molar-refractivity contribution in [3.05, 3.63) is 0 Å². The third-order valence-electron chi connectivity index (χ3n) is 3.72. The summed E-state index contributed by atoms with van der Waals surface area (Å²) in [5.74, 6) is 0.778. The number of likely N-dealkylation sites (N-methyl/N-ethyl adjacent to an activating group) is 2. The van der Waals surface area contributed by atoms with Crippen molar-refractivity contribution < 1.29 is 0 Å². The maximum absolute atomic E-state index is 5.54. The van der Waals surface area contributed by atoms with Crippen LogP contribution < -0.4 is 5.73 Å². The van der Waals surface area contributed by atoms with Crippen LogP contribution in [0.15, 0.2) is 0 Å². The molecule has 2 unspecified atom stereocenters. The van der Waals surface area contributed by atoms with Crippen LogP contribution in [0, 0.1) is 5.92 Å². The Morgan fingerprint density at radius 3 is 2.81 bits per heavy atom. The van der Waals surface area contributed by atoms with Crippen molar-refractivity contribution >= 4 is 0 Å². The minimum atomic E-state index is 0.778. The highest BCUT2D eigenvalue weighted by molar-refractivity contribution is 4.79. The van der Waals surface area contributed by atoms with E-state index in [2.05, 4.69) is 30.8 Å². The maximum atomic E-state index is 5.54. The van der Waals surface area contributed by atoms with Crippen LogP contribution in [0.25, 0.3) is 0 Å². The van der Waals surface area contributed by atoms with Gasteiger partial charge in [0.05, 0.1) is 0 Å². The lowest BCUT2D eigenvalue weighted by atomic mass is 10.0. The minimum absolute atomic E-state index is 0.778. The smallest absolute Gasteiger partial charge is 0.0220 e. The van der Waals surface area contributed by atoms with Crippen LogP contribution in [0.3, 0.4) is 0 Å². The molecule has 0 aromatic carbocycles. The fraction of sp³-hybridized carbons (Fsp3) is 1.00. The summed E-state index contributed by atoms with van der Waals surface area (Å²) in [6, 6.07) is 0.784. The van der Waals surface area contributed by atoms with Crippen LogP contribution in [-0.4, -0.2) is 56.1 Å². The van der Waals surface area contributed by atoms with Crippen molar-refractivity contribution in [3.8, 4) is 0 Å². The quantitative estimate of drug-likeness (QED) is 0.713. The van der Waals surface area contributed by atoms with Crippen molar-refractivity contribution in [2.24, 2.45) is 11.7 Å². The number of likely N-dealkylation sites (tertiary alicyclic amines) is 1. The van der Waals surface area contributed by atoms with Gasteiger partial charge >= 0.3 is 0 Å². The lowest BCUT2D eigenvalue weighted by molar-refractivity contribution is 0.200. The summed E-state index contributed by atoms with van der Waals surface area (Å²) in [4.78, 5) is 4.99. The van der Waals surface area contributed by atoms with Crippen LogP contribution in [0.5, 0.6) is 0 Å². The monoisotopic (exact) mass is 227 g/mol. The predicted octanol–water partition coefficient (Wildman–Crippen LogP) is 1.39. The summed E-state index contributed by atoms with van der Waals surface area (Å²) < 4.78 is 0. The molecule has 3 nitrogen and oxygen atoms in total. The highest BCUT2D eigenvalue weighted by atomic mass is 15.2. The van der Waals surface area contributed by atoms with Gasteiger partial charge in [0.15, 0.2) is 0 Å². The Bertz CT molecular complexity index is 184. The van der Waals surface area contributed by atoms with Gasteiger partial charge in [-0.15, -0.1) is 0 Å². The molecule has 0 saturated carbocycles. The molecule has 0 aliphatic carbocycles. The van der Waals surface area contributed by atoms with E-state index >= 15 is 0 Å². The zero-order valence-electron chi connectivity index (χ0n) is 11.3. The number of rotatable bonds is 7. The van der Waals surface area contributed by atoms with E-state index < -0.39 is 0 Å². The summed E-state index contributed by atoms with van der Waals surface area (Å²) in [5, 5.41) is 0. The zero-order chi connectivity index (χ0) is 12.0. The van der Waals surface area contributed by atoms with Crippen LogP contribution >= 0.6 is 0 Å². The number of hydrogen-bond donors (Lipinski definition) is 1. The maximum Gasteiger partial charge on any atom is 0.0220 e. The molecule has 16 heavy (non-hydrogen) atoms. The van der Waals surface area contributed by atoms with Crippen molar-refractivity contribution in [3.63, 3.8) is 0 Å². The predicted molar refractivity (Wildman–Crippen MR) is 70.6 cm³/mol. The van der Waals surface area contributed by atoms with Gasteiger partial charge < -0.3 is 15.5 Å². The second-order valence-corrected chi connectivity index (χ2v) is 5.53. The average molecular weight is 227 g/mol. The summed E-state index contributed by atoms with van der Waals surface area (Å²) in [6.45, 7) is 6.89. The van der Waals surface area contributed by atoms with E-state index in [9.17, 15) is 0 Å². The van der Waals surface area contributed by atoms with E-state index in [1.54, 1.807) is 0 Å². The van der Waals surface area contributed by atoms with E-state index in [0.29, 0.717) is 0 Å². The van der Waals surface area contributed by atoms with Gasteiger partial charge in [0.1, 0.15) is 0 Å². The number of nitrogens with two attached hydrogens (primary N) is 1. The van der Waals surface area contributed by atoms with Gasteiger partial charge in [0, 0.05) is 19.1 Å². The summed E-state index contributed by atoms with van der Waals surface area (Å²) in [5.41, 5.74) is 5.54. The van der Waals surface area contributed by atoms with Crippen molar-refractivity contribution in [1.29, 1.82) is 0 Å². The molecule has 0 amide bonds. The summed E-state index contributed by atoms with van der Waals surface area (Å²) >= 11 is 0. The lowest BCUT2D eigenvalue weighted by Crippen LogP contribution is -2.38. The summed E-state index contributed by atoms with van der Waals surface area (Å²) in [6.07, 6.45) is 5.18. The molecule has 0 aromatic rings. The van der Waals surface area contributed by atoms with Gasteiger partial charge in [-0.2, -0.15) is 0 Å². The number of nitrogens with zero attached hydrogens (tertiary/aromatic N) is 2. The molecule has 0 aromatic heterocycles. The van der Waals surface area contributed by atoms with E-state index in [0.717, 1.165) is 18.5 Å². The molecule has 0 radical (unpaired) electrons. The Hall–Kier alpha value is -0.120. The third-order valence-corrected chi connectivity index (χ3v) is 3.72. The van der Waals surface area contributed by atoms with Crippen LogP contribution in [0.1, 0.15) is 32.6 Å². The molecule has 2 N–H and O–H groups in total. The highest BCUT2D eigenvalue weighted by Crippen LogP contribution is 2.16. The Morgan fingerprint density at radius 2 is 2.25 bits per heavy atom. The standard InChI is InChI=1S/C13H29N3/c1-12(6-4-8-14)10-15(2)11-13-7-5-9-16(13)3/h12-13H,4-11,14H2,1-3H3. The van der Waals surface area contributed by atoms with Gasteiger partial charge in [-0.1, -0.05) is 6.92 Å². The van der Waals surface area contributed by atoms with Gasteiger partial charge in [-0.05, 0) is 58.8 Å². The molecule has 0 spiro atoms. The first kappa shape index (κ1) is 13.9. The molecule has 1 rings (SSSR count). The zero-order valence-corrected chi connectivity index (χ0v) is 11.3. The Balaban J connectivity index is 2.16. The van der Waals surface area contributed by atoms with E-state index in [4.69, 9.17) is 5.73 Å². The average Bonchev–Trinajstić information content (AvgIpc) is 2.61. The molecule has 96 valence electrons. The van der Waals surface area contributed by atoms with Gasteiger partial charge in [0.2, 0.25) is 0 Å². The second kappa shape index (κ2) is 7.25. The molecular weight excluding hydrogens is 198 g/mol. The van der Waals surface area contributed by atoms with Crippen LogP contribution in [0.2, 0.25) is 0 Å². The Kier molecular flexibility index (Phi) is 6.32. The minimum Gasteiger partial charge on any atom is -0.330 e. The van der Waals surface area contributed by atoms with Crippen molar-refractivity contribution in [1.82, 2.24) is 9.80 Å². The Morgan fingerprint density at radius 1 is 1.50 bits per heavy atom. The lowest BCUT2D eigenvalue weighted by Gasteiger charge is -2.27. The second-order valence-electron chi connectivity index (χ2n) is 5.53. The fourth-order valence-electron chi connectivity index (χ4n) is 2.73. The fourth-order valence-corrected chi connectivity index (χ4v) is 2.73. The topological polar surface area (TPSA) is 32.5 Å². The van der Waals surface area contributed by atoms with E-state index in [1.165, 1.54) is 45.3 Å². The molecule has 3 heteroatoms. The van der Waals surface area contributed by atoms with Gasteiger partial charge in [-0.25, -0.2) is 0 Å². The van der Waals surface area contributed by atoms with Gasteiger partial charge in [-0.3, -0.25) is 0 Å². The first-order chi connectivity index (χ1) is 7.63. The molecule has 1 fully saturated rings. The van der Waals surface area contributed by atoms with Gasteiger partial charge in [0.25, 0.3) is 0 Å². The molecular formula is C13H29N3. The molecule has 2 atom stereocenters. The van der Waals surface area contributed by atoms with E-state index in [-0.39, 0.29) is 0 Å². The molecule has 1 aliphatic rings. The third kappa shape index (κ3) is 4.81. The largest absolute Gasteiger partial charge is 0.330 e. The molecule has 1 saturated heterocycles. The first-order valence-corrected chi connectivity index (χ1v) is 6.72. The first-order valence-electron chi connectivity index (χ1n) is 6.72. The Labute approximate surface area is 101 Å². The molecule has 1 aliphatic heterocycles. The summed E-state index contributed by atoms with van der Waals surface area (Å²) in [7, 11) is 4.51. The SMILES string of the molecule is CC(CCCN)CN(C)CC1CCCN1C. The molecule has 0 bridgehead atoms.